The summed E-state index contributed by atoms with van der Waals surface area (Å²) in [4.78, 5) is 16.0. The van der Waals surface area contributed by atoms with Crippen LogP contribution in [0, 0.1) is 0 Å². The van der Waals surface area contributed by atoms with E-state index in [4.69, 9.17) is 4.74 Å². The summed E-state index contributed by atoms with van der Waals surface area (Å²) in [6.07, 6.45) is 1.52. The van der Waals surface area contributed by atoms with E-state index in [1.807, 2.05) is 0 Å². The fraction of sp³-hybridized carbons (Fsp3) is 0.538. The van der Waals surface area contributed by atoms with Gasteiger partial charge in [-0.25, -0.2) is 17.7 Å². The second-order valence-corrected chi connectivity index (χ2v) is 7.96. The lowest BCUT2D eigenvalue weighted by Gasteiger charge is -2.25. The standard InChI is InChI=1S/C13H19N3O4S2/c1-20-13-11(3-2-4-15-13)12(17)14-5-10-22(18,19)16-6-8-21-9-7-16/h2-4H,5-10H2,1H3,(H,14,17). The summed E-state index contributed by atoms with van der Waals surface area (Å²) < 4.78 is 30.8. The number of hydrogen-bond acceptors (Lipinski definition) is 6. The Balaban J connectivity index is 1.88. The lowest BCUT2D eigenvalue weighted by Crippen LogP contribution is -2.41. The number of rotatable bonds is 6. The van der Waals surface area contributed by atoms with Crippen molar-refractivity contribution in [2.75, 3.05) is 44.0 Å². The SMILES string of the molecule is COc1ncccc1C(=O)NCCS(=O)(=O)N1CCSCC1. The number of methoxy groups -OCH3 is 1. The molecule has 0 spiro atoms. The van der Waals surface area contributed by atoms with Crippen molar-refractivity contribution >= 4 is 27.7 Å². The van der Waals surface area contributed by atoms with Gasteiger partial charge in [0.1, 0.15) is 5.56 Å². The third-order valence-corrected chi connectivity index (χ3v) is 6.03. The third kappa shape index (κ3) is 4.34. The van der Waals surface area contributed by atoms with Crippen molar-refractivity contribution in [3.05, 3.63) is 23.9 Å². The lowest BCUT2D eigenvalue weighted by atomic mass is 10.2. The fourth-order valence-electron chi connectivity index (χ4n) is 2.07. The summed E-state index contributed by atoms with van der Waals surface area (Å²) in [5.41, 5.74) is 0.289. The molecule has 0 aromatic carbocycles. The van der Waals surface area contributed by atoms with Crippen molar-refractivity contribution in [1.29, 1.82) is 0 Å². The van der Waals surface area contributed by atoms with Crippen LogP contribution in [0.15, 0.2) is 18.3 Å². The number of aromatic nitrogens is 1. The zero-order valence-electron chi connectivity index (χ0n) is 12.3. The Kier molecular flexibility index (Phi) is 6.04. The van der Waals surface area contributed by atoms with E-state index in [0.717, 1.165) is 11.5 Å². The zero-order valence-corrected chi connectivity index (χ0v) is 14.0. The summed E-state index contributed by atoms with van der Waals surface area (Å²) in [5, 5.41) is 2.60. The van der Waals surface area contributed by atoms with Gasteiger partial charge in [-0.05, 0) is 12.1 Å². The fourth-order valence-corrected chi connectivity index (χ4v) is 4.56. The van der Waals surface area contributed by atoms with E-state index in [1.165, 1.54) is 17.6 Å². The molecule has 1 aliphatic rings. The van der Waals surface area contributed by atoms with Gasteiger partial charge < -0.3 is 10.1 Å². The van der Waals surface area contributed by atoms with Gasteiger partial charge in [0, 0.05) is 37.3 Å². The molecule has 1 N–H and O–H groups in total. The minimum absolute atomic E-state index is 0.0584. The summed E-state index contributed by atoms with van der Waals surface area (Å²) >= 11 is 1.75. The molecule has 7 nitrogen and oxygen atoms in total. The summed E-state index contributed by atoms with van der Waals surface area (Å²) in [5.74, 6) is 1.36. The Morgan fingerprint density at radius 2 is 2.18 bits per heavy atom. The molecular formula is C13H19N3O4S2. The largest absolute Gasteiger partial charge is 0.480 e. The molecule has 1 amide bonds. The van der Waals surface area contributed by atoms with Crippen molar-refractivity contribution in [2.24, 2.45) is 0 Å². The predicted molar refractivity (Wildman–Crippen MR) is 85.8 cm³/mol. The molecule has 2 heterocycles. The van der Waals surface area contributed by atoms with Crippen molar-refractivity contribution in [2.45, 2.75) is 0 Å². The van der Waals surface area contributed by atoms with Crippen molar-refractivity contribution in [3.8, 4) is 5.88 Å². The minimum atomic E-state index is -3.32. The van der Waals surface area contributed by atoms with Crippen molar-refractivity contribution in [1.82, 2.24) is 14.6 Å². The van der Waals surface area contributed by atoms with E-state index in [2.05, 4.69) is 10.3 Å². The topological polar surface area (TPSA) is 88.6 Å². The first-order valence-corrected chi connectivity index (χ1v) is 9.64. The first-order valence-electron chi connectivity index (χ1n) is 6.87. The zero-order chi connectivity index (χ0) is 16.0. The molecule has 1 fully saturated rings. The van der Waals surface area contributed by atoms with Crippen molar-refractivity contribution in [3.63, 3.8) is 0 Å². The summed E-state index contributed by atoms with van der Waals surface area (Å²) in [7, 11) is -1.89. The molecule has 0 atom stereocenters. The van der Waals surface area contributed by atoms with Crippen LogP contribution in [0.25, 0.3) is 0 Å². The van der Waals surface area contributed by atoms with Crippen molar-refractivity contribution < 1.29 is 17.9 Å². The van der Waals surface area contributed by atoms with Gasteiger partial charge in [-0.15, -0.1) is 0 Å². The quantitative estimate of drug-likeness (QED) is 0.792. The lowest BCUT2D eigenvalue weighted by molar-refractivity contribution is 0.0952. The van der Waals surface area contributed by atoms with E-state index in [1.54, 1.807) is 23.9 Å². The average molecular weight is 345 g/mol. The van der Waals surface area contributed by atoms with Gasteiger partial charge in [-0.2, -0.15) is 11.8 Å². The van der Waals surface area contributed by atoms with E-state index in [9.17, 15) is 13.2 Å². The number of ether oxygens (including phenoxy) is 1. The molecule has 22 heavy (non-hydrogen) atoms. The summed E-state index contributed by atoms with van der Waals surface area (Å²) in [6.45, 7) is 1.14. The van der Waals surface area contributed by atoms with E-state index < -0.39 is 15.9 Å². The first kappa shape index (κ1) is 17.0. The molecule has 2 rings (SSSR count). The first-order chi connectivity index (χ1) is 10.5. The highest BCUT2D eigenvalue weighted by Crippen LogP contribution is 2.14. The van der Waals surface area contributed by atoms with Crippen LogP contribution < -0.4 is 10.1 Å². The molecule has 1 saturated heterocycles. The molecule has 1 aromatic heterocycles. The molecule has 0 bridgehead atoms. The Hall–Kier alpha value is -1.32. The van der Waals surface area contributed by atoms with Gasteiger partial charge in [0.25, 0.3) is 5.91 Å². The molecule has 1 aromatic rings. The van der Waals surface area contributed by atoms with Crippen LogP contribution in [-0.2, 0) is 10.0 Å². The number of hydrogen-bond donors (Lipinski definition) is 1. The molecule has 0 radical (unpaired) electrons. The second kappa shape index (κ2) is 7.80. The number of thioether (sulfide) groups is 1. The average Bonchev–Trinajstić information content (AvgIpc) is 2.55. The molecule has 0 aliphatic carbocycles. The van der Waals surface area contributed by atoms with Crippen LogP contribution in [0.4, 0.5) is 0 Å². The number of nitrogens with one attached hydrogen (secondary N) is 1. The smallest absolute Gasteiger partial charge is 0.256 e. The van der Waals surface area contributed by atoms with Gasteiger partial charge in [-0.1, -0.05) is 0 Å². The second-order valence-electron chi connectivity index (χ2n) is 4.64. The van der Waals surface area contributed by atoms with Crippen LogP contribution in [-0.4, -0.2) is 67.6 Å². The molecule has 9 heteroatoms. The number of pyridine rings is 1. The summed E-state index contributed by atoms with van der Waals surface area (Å²) in [6, 6.07) is 3.21. The monoisotopic (exact) mass is 345 g/mol. The third-order valence-electron chi connectivity index (χ3n) is 3.22. The van der Waals surface area contributed by atoms with E-state index in [0.29, 0.717) is 13.1 Å². The van der Waals surface area contributed by atoms with Gasteiger partial charge in [0.05, 0.1) is 12.9 Å². The number of amides is 1. The maximum Gasteiger partial charge on any atom is 0.256 e. The molecule has 0 saturated carbocycles. The van der Waals surface area contributed by atoms with E-state index in [-0.39, 0.29) is 23.7 Å². The van der Waals surface area contributed by atoms with E-state index >= 15 is 0 Å². The highest BCUT2D eigenvalue weighted by Gasteiger charge is 2.24. The Morgan fingerprint density at radius 3 is 2.86 bits per heavy atom. The van der Waals surface area contributed by atoms with Crippen LogP contribution in [0.3, 0.4) is 0 Å². The van der Waals surface area contributed by atoms with Crippen LogP contribution in [0.5, 0.6) is 5.88 Å². The molecule has 0 unspecified atom stereocenters. The predicted octanol–water partition coefficient (Wildman–Crippen LogP) is 0.199. The normalized spacial score (nSPS) is 16.2. The number of carbonyl (C=O) groups is 1. The minimum Gasteiger partial charge on any atom is -0.480 e. The van der Waals surface area contributed by atoms with Gasteiger partial charge >= 0.3 is 0 Å². The number of sulfonamides is 1. The molecule has 1 aliphatic heterocycles. The van der Waals surface area contributed by atoms with Crippen LogP contribution in [0.2, 0.25) is 0 Å². The number of carbonyl (C=O) groups excluding carboxylic acids is 1. The Bertz CT molecular complexity index is 615. The highest BCUT2D eigenvalue weighted by molar-refractivity contribution is 7.99. The maximum absolute atomic E-state index is 12.2. The van der Waals surface area contributed by atoms with Gasteiger partial charge in [0.2, 0.25) is 15.9 Å². The van der Waals surface area contributed by atoms with Crippen LogP contribution >= 0.6 is 11.8 Å². The molecular weight excluding hydrogens is 326 g/mol. The van der Waals surface area contributed by atoms with Crippen LogP contribution in [0.1, 0.15) is 10.4 Å². The maximum atomic E-state index is 12.2. The molecule has 122 valence electrons. The highest BCUT2D eigenvalue weighted by atomic mass is 32.2. The van der Waals surface area contributed by atoms with Gasteiger partial charge in [-0.3, -0.25) is 4.79 Å². The Morgan fingerprint density at radius 1 is 1.45 bits per heavy atom. The number of nitrogens with zero attached hydrogens (tertiary/aromatic N) is 2. The Labute approximate surface area is 134 Å². The van der Waals surface area contributed by atoms with Gasteiger partial charge in [0.15, 0.2) is 0 Å².